The molecule has 3 aromatic rings. The molecule has 0 unspecified atom stereocenters. The molecular formula is C22H25N3O7S. The van der Waals surface area contributed by atoms with Gasteiger partial charge in [-0.15, -0.1) is 11.3 Å². The van der Waals surface area contributed by atoms with Gasteiger partial charge in [-0.3, -0.25) is 4.79 Å². The van der Waals surface area contributed by atoms with Crippen molar-refractivity contribution in [2.45, 2.75) is 20.8 Å². The van der Waals surface area contributed by atoms with Crippen LogP contribution >= 0.6 is 11.3 Å². The van der Waals surface area contributed by atoms with E-state index in [9.17, 15) is 14.4 Å². The summed E-state index contributed by atoms with van der Waals surface area (Å²) in [6.07, 6.45) is 3.67. The summed E-state index contributed by atoms with van der Waals surface area (Å²) in [5.41, 5.74) is 1.88. The number of ether oxygens (including phenoxy) is 4. The molecule has 0 aliphatic carbocycles. The lowest BCUT2D eigenvalue weighted by molar-refractivity contribution is -0.118. The van der Waals surface area contributed by atoms with E-state index in [2.05, 4.69) is 10.3 Å². The van der Waals surface area contributed by atoms with Crippen molar-refractivity contribution in [3.8, 4) is 5.75 Å². The van der Waals surface area contributed by atoms with Crippen molar-refractivity contribution >= 4 is 39.8 Å². The lowest BCUT2D eigenvalue weighted by Gasteiger charge is -2.09. The number of imidazole rings is 1. The molecule has 1 N–H and O–H groups in total. The van der Waals surface area contributed by atoms with Crippen molar-refractivity contribution in [3.63, 3.8) is 0 Å². The Hall–Kier alpha value is -3.44. The number of nitrogens with one attached hydrogen (secondary N) is 1. The summed E-state index contributed by atoms with van der Waals surface area (Å²) in [6.45, 7) is 5.26. The molecule has 0 spiro atoms. The van der Waals surface area contributed by atoms with Crippen LogP contribution in [0.2, 0.25) is 0 Å². The number of aromatic nitrogens is 2. The van der Waals surface area contributed by atoms with Gasteiger partial charge in [0.15, 0.2) is 18.0 Å². The molecule has 0 saturated heterocycles. The zero-order valence-corrected chi connectivity index (χ0v) is 19.6. The summed E-state index contributed by atoms with van der Waals surface area (Å²) >= 11 is 0.942. The Bertz CT molecular complexity index is 1170. The minimum Gasteiger partial charge on any atom is -0.480 e. The van der Waals surface area contributed by atoms with Crippen molar-refractivity contribution in [2.75, 3.05) is 38.9 Å². The van der Waals surface area contributed by atoms with Crippen LogP contribution in [0.5, 0.6) is 5.75 Å². The van der Waals surface area contributed by atoms with Gasteiger partial charge in [-0.05, 0) is 38.5 Å². The van der Waals surface area contributed by atoms with Gasteiger partial charge in [0, 0.05) is 19.5 Å². The maximum atomic E-state index is 12.6. The lowest BCUT2D eigenvalue weighted by atomic mass is 10.1. The second kappa shape index (κ2) is 10.9. The highest BCUT2D eigenvalue weighted by molar-refractivity contribution is 7.18. The Kier molecular flexibility index (Phi) is 8.01. The Morgan fingerprint density at radius 2 is 1.94 bits per heavy atom. The molecule has 11 heteroatoms. The van der Waals surface area contributed by atoms with Crippen LogP contribution in [0.25, 0.3) is 5.65 Å². The number of fused-ring (bicyclic) bond motifs is 1. The average molecular weight is 476 g/mol. The van der Waals surface area contributed by atoms with E-state index in [1.807, 2.05) is 19.3 Å². The van der Waals surface area contributed by atoms with Crippen molar-refractivity contribution in [1.82, 2.24) is 9.38 Å². The van der Waals surface area contributed by atoms with Gasteiger partial charge in [-0.25, -0.2) is 14.6 Å². The van der Waals surface area contributed by atoms with E-state index in [4.69, 9.17) is 18.9 Å². The summed E-state index contributed by atoms with van der Waals surface area (Å²) in [4.78, 5) is 42.2. The molecule has 10 nitrogen and oxygen atoms in total. The predicted octanol–water partition coefficient (Wildman–Crippen LogP) is 3.01. The SMILES string of the molecule is CCOC(=O)c1c(NC(=O)COc2cccn3cc(C)nc23)sc(C(=O)OCCOC)c1C. The Morgan fingerprint density at radius 3 is 2.67 bits per heavy atom. The molecule has 1 amide bonds. The first-order valence-corrected chi connectivity index (χ1v) is 11.0. The van der Waals surface area contributed by atoms with Crippen molar-refractivity contribution in [3.05, 3.63) is 46.2 Å². The Balaban J connectivity index is 1.77. The van der Waals surface area contributed by atoms with Gasteiger partial charge in [0.05, 0.1) is 24.5 Å². The molecule has 3 aromatic heterocycles. The summed E-state index contributed by atoms with van der Waals surface area (Å²) in [5.74, 6) is -1.32. The first-order valence-electron chi connectivity index (χ1n) is 10.2. The Morgan fingerprint density at radius 1 is 1.15 bits per heavy atom. The van der Waals surface area contributed by atoms with Gasteiger partial charge in [0.2, 0.25) is 0 Å². The Labute approximate surface area is 194 Å². The summed E-state index contributed by atoms with van der Waals surface area (Å²) in [7, 11) is 1.49. The second-order valence-electron chi connectivity index (χ2n) is 6.93. The number of nitrogens with zero attached hydrogens (tertiary/aromatic N) is 2. The van der Waals surface area contributed by atoms with Crippen LogP contribution in [0.15, 0.2) is 24.5 Å². The first-order chi connectivity index (χ1) is 15.8. The molecule has 0 saturated carbocycles. The number of rotatable bonds is 10. The van der Waals surface area contributed by atoms with Crippen molar-refractivity contribution in [2.24, 2.45) is 0 Å². The minimum atomic E-state index is -0.643. The zero-order chi connectivity index (χ0) is 24.0. The third-order valence-corrected chi connectivity index (χ3v) is 5.70. The van der Waals surface area contributed by atoms with E-state index in [0.717, 1.165) is 17.0 Å². The van der Waals surface area contributed by atoms with Gasteiger partial charge >= 0.3 is 11.9 Å². The van der Waals surface area contributed by atoms with Crippen LogP contribution in [0, 0.1) is 13.8 Å². The van der Waals surface area contributed by atoms with E-state index in [1.54, 1.807) is 30.4 Å². The molecule has 3 rings (SSSR count). The number of esters is 2. The summed E-state index contributed by atoms with van der Waals surface area (Å²) < 4.78 is 22.6. The fourth-order valence-electron chi connectivity index (χ4n) is 3.06. The van der Waals surface area contributed by atoms with Crippen LogP contribution < -0.4 is 10.1 Å². The molecule has 0 aromatic carbocycles. The number of anilines is 1. The van der Waals surface area contributed by atoms with Crippen LogP contribution in [-0.2, 0) is 19.0 Å². The molecule has 0 bridgehead atoms. The van der Waals surface area contributed by atoms with E-state index >= 15 is 0 Å². The van der Waals surface area contributed by atoms with Gasteiger partial charge < -0.3 is 28.7 Å². The lowest BCUT2D eigenvalue weighted by Crippen LogP contribution is -2.21. The molecular weight excluding hydrogens is 450 g/mol. The fraction of sp³-hybridized carbons (Fsp3) is 0.364. The fourth-order valence-corrected chi connectivity index (χ4v) is 4.16. The maximum absolute atomic E-state index is 12.6. The number of hydrogen-bond acceptors (Lipinski definition) is 9. The second-order valence-corrected chi connectivity index (χ2v) is 7.95. The molecule has 176 valence electrons. The minimum absolute atomic E-state index is 0.0652. The van der Waals surface area contributed by atoms with Gasteiger partial charge in [0.25, 0.3) is 5.91 Å². The number of carbonyl (C=O) groups excluding carboxylic acids is 3. The van der Waals surface area contributed by atoms with Crippen LogP contribution in [0.4, 0.5) is 5.00 Å². The van der Waals surface area contributed by atoms with Crippen LogP contribution in [-0.4, -0.2) is 60.8 Å². The average Bonchev–Trinajstić information content (AvgIpc) is 3.31. The number of carbonyl (C=O) groups is 3. The van der Waals surface area contributed by atoms with Gasteiger partial charge in [0.1, 0.15) is 16.5 Å². The number of hydrogen-bond donors (Lipinski definition) is 1. The van der Waals surface area contributed by atoms with Gasteiger partial charge in [-0.2, -0.15) is 0 Å². The van der Waals surface area contributed by atoms with E-state index in [-0.39, 0.29) is 41.9 Å². The number of aryl methyl sites for hydroxylation is 1. The number of amides is 1. The quantitative estimate of drug-likeness (QED) is 0.351. The predicted molar refractivity (Wildman–Crippen MR) is 121 cm³/mol. The number of methoxy groups -OCH3 is 1. The molecule has 0 aliphatic rings. The molecule has 0 radical (unpaired) electrons. The monoisotopic (exact) mass is 475 g/mol. The normalized spacial score (nSPS) is 10.8. The van der Waals surface area contributed by atoms with Crippen LogP contribution in [0.1, 0.15) is 38.2 Å². The zero-order valence-electron chi connectivity index (χ0n) is 18.8. The number of pyridine rings is 1. The highest BCUT2D eigenvalue weighted by atomic mass is 32.1. The maximum Gasteiger partial charge on any atom is 0.348 e. The topological polar surface area (TPSA) is 117 Å². The highest BCUT2D eigenvalue weighted by Gasteiger charge is 2.27. The molecule has 0 atom stereocenters. The molecule has 0 fully saturated rings. The smallest absolute Gasteiger partial charge is 0.348 e. The summed E-state index contributed by atoms with van der Waals surface area (Å²) in [6, 6.07) is 3.49. The van der Waals surface area contributed by atoms with Crippen molar-refractivity contribution < 1.29 is 33.3 Å². The van der Waals surface area contributed by atoms with Crippen molar-refractivity contribution in [1.29, 1.82) is 0 Å². The molecule has 3 heterocycles. The summed E-state index contributed by atoms with van der Waals surface area (Å²) in [5, 5.41) is 2.84. The van der Waals surface area contributed by atoms with Gasteiger partial charge in [-0.1, -0.05) is 0 Å². The largest absolute Gasteiger partial charge is 0.480 e. The van der Waals surface area contributed by atoms with E-state index in [1.165, 1.54) is 7.11 Å². The van der Waals surface area contributed by atoms with E-state index in [0.29, 0.717) is 17.0 Å². The van der Waals surface area contributed by atoms with Crippen LogP contribution in [0.3, 0.4) is 0 Å². The molecule has 33 heavy (non-hydrogen) atoms. The third-order valence-electron chi connectivity index (χ3n) is 4.51. The third kappa shape index (κ3) is 5.68. The standard InChI is InChI=1S/C22H25N3O7S/c1-5-30-21(27)17-14(3)18(22(28)31-10-9-29-4)33-20(17)24-16(26)12-32-15-7-6-8-25-11-13(2)23-19(15)25/h6-8,11H,5,9-10,12H2,1-4H3,(H,24,26). The molecule has 0 aliphatic heterocycles. The highest BCUT2D eigenvalue weighted by Crippen LogP contribution is 2.34. The van der Waals surface area contributed by atoms with E-state index < -0.39 is 17.8 Å². The first kappa shape index (κ1) is 24.2. The number of thiophene rings is 1.